The van der Waals surface area contributed by atoms with Crippen LogP contribution in [0.5, 0.6) is 0 Å². The Balaban J connectivity index is 1.37. The van der Waals surface area contributed by atoms with Crippen molar-refractivity contribution in [1.82, 2.24) is 19.8 Å². The van der Waals surface area contributed by atoms with E-state index in [2.05, 4.69) is 14.9 Å². The summed E-state index contributed by atoms with van der Waals surface area (Å²) in [5.41, 5.74) is 3.32. The lowest BCUT2D eigenvalue weighted by molar-refractivity contribution is -0.137. The van der Waals surface area contributed by atoms with Crippen LogP contribution in [0, 0.1) is 5.92 Å². The van der Waals surface area contributed by atoms with Crippen molar-refractivity contribution in [3.8, 4) is 0 Å². The van der Waals surface area contributed by atoms with Gasteiger partial charge in [-0.2, -0.15) is 0 Å². The van der Waals surface area contributed by atoms with Crippen molar-refractivity contribution in [2.45, 2.75) is 39.2 Å². The van der Waals surface area contributed by atoms with Crippen LogP contribution in [0.2, 0.25) is 0 Å². The van der Waals surface area contributed by atoms with Gasteiger partial charge in [0.2, 0.25) is 5.91 Å². The number of carbonyl (C=O) groups excluding carboxylic acids is 2. The van der Waals surface area contributed by atoms with Crippen LogP contribution in [0.15, 0.2) is 23.1 Å². The minimum Gasteiger partial charge on any atom is -0.340 e. The zero-order valence-electron chi connectivity index (χ0n) is 16.2. The average Bonchev–Trinajstić information content (AvgIpc) is 3.14. The second-order valence-electron chi connectivity index (χ2n) is 7.83. The van der Waals surface area contributed by atoms with Crippen LogP contribution in [-0.4, -0.2) is 57.6 Å². The summed E-state index contributed by atoms with van der Waals surface area (Å²) < 4.78 is 0. The van der Waals surface area contributed by atoms with Gasteiger partial charge in [-0.15, -0.1) is 0 Å². The highest BCUT2D eigenvalue weighted by Gasteiger charge is 2.32. The zero-order valence-corrected chi connectivity index (χ0v) is 16.2. The number of hydrogen-bond acceptors (Lipinski definition) is 5. The van der Waals surface area contributed by atoms with E-state index in [0.29, 0.717) is 38.8 Å². The third kappa shape index (κ3) is 3.85. The molecule has 2 aliphatic rings. The second kappa shape index (κ2) is 7.83. The van der Waals surface area contributed by atoms with E-state index in [1.165, 1.54) is 0 Å². The first kappa shape index (κ1) is 18.8. The zero-order chi connectivity index (χ0) is 19.7. The molecular weight excluding hydrogens is 356 g/mol. The molecule has 2 aromatic heterocycles. The van der Waals surface area contributed by atoms with Crippen LogP contribution in [0.4, 0.5) is 0 Å². The summed E-state index contributed by atoms with van der Waals surface area (Å²) in [6, 6.07) is 3.85. The highest BCUT2D eigenvalue weighted by Crippen LogP contribution is 2.24. The van der Waals surface area contributed by atoms with Gasteiger partial charge in [-0.25, -0.2) is 0 Å². The summed E-state index contributed by atoms with van der Waals surface area (Å²) >= 11 is 0. The minimum atomic E-state index is -0.103. The van der Waals surface area contributed by atoms with Crippen molar-refractivity contribution in [2.75, 3.05) is 26.2 Å². The van der Waals surface area contributed by atoms with Crippen molar-refractivity contribution in [2.24, 2.45) is 5.92 Å². The number of piperazine rings is 1. The Morgan fingerprint density at radius 2 is 2.00 bits per heavy atom. The first-order valence-corrected chi connectivity index (χ1v) is 10.1. The van der Waals surface area contributed by atoms with Gasteiger partial charge in [-0.1, -0.05) is 6.92 Å². The first-order valence-electron chi connectivity index (χ1n) is 10.1. The molecule has 1 N–H and O–H groups in total. The molecule has 1 unspecified atom stereocenters. The van der Waals surface area contributed by atoms with Crippen LogP contribution in [-0.2, 0) is 22.6 Å². The summed E-state index contributed by atoms with van der Waals surface area (Å²) in [5.74, 6) is 0.251. The lowest BCUT2D eigenvalue weighted by atomic mass is 10.1. The third-order valence-corrected chi connectivity index (χ3v) is 5.89. The summed E-state index contributed by atoms with van der Waals surface area (Å²) in [4.78, 5) is 47.7. The van der Waals surface area contributed by atoms with E-state index in [1.807, 2.05) is 30.2 Å². The lowest BCUT2D eigenvalue weighted by Gasteiger charge is -2.35. The molecule has 1 aliphatic heterocycles. The highest BCUT2D eigenvalue weighted by atomic mass is 16.2. The van der Waals surface area contributed by atoms with Crippen LogP contribution in [0.3, 0.4) is 0 Å². The van der Waals surface area contributed by atoms with Gasteiger partial charge in [-0.3, -0.25) is 24.3 Å². The van der Waals surface area contributed by atoms with Crippen molar-refractivity contribution in [1.29, 1.82) is 0 Å². The van der Waals surface area contributed by atoms with Gasteiger partial charge in [0, 0.05) is 63.2 Å². The Morgan fingerprint density at radius 3 is 2.68 bits per heavy atom. The summed E-state index contributed by atoms with van der Waals surface area (Å²) in [5, 5.41) is 0. The number of pyridine rings is 2. The Morgan fingerprint density at radius 1 is 1.21 bits per heavy atom. The molecule has 28 heavy (non-hydrogen) atoms. The van der Waals surface area contributed by atoms with E-state index in [9.17, 15) is 14.4 Å². The second-order valence-corrected chi connectivity index (χ2v) is 7.83. The number of aromatic nitrogens is 2. The van der Waals surface area contributed by atoms with E-state index in [4.69, 9.17) is 0 Å². The fourth-order valence-corrected chi connectivity index (χ4v) is 4.18. The average molecular weight is 382 g/mol. The van der Waals surface area contributed by atoms with Crippen LogP contribution in [0.25, 0.3) is 11.0 Å². The fraction of sp³-hybridized carbons (Fsp3) is 0.524. The summed E-state index contributed by atoms with van der Waals surface area (Å²) in [6.07, 6.45) is 4.22. The number of nitrogens with zero attached hydrogens (tertiary/aromatic N) is 3. The number of rotatable bonds is 4. The molecule has 0 aromatic carbocycles. The highest BCUT2D eigenvalue weighted by molar-refractivity contribution is 5.90. The quantitative estimate of drug-likeness (QED) is 0.866. The Kier molecular flexibility index (Phi) is 5.26. The third-order valence-electron chi connectivity index (χ3n) is 5.89. The molecule has 3 heterocycles. The Labute approximate surface area is 163 Å². The topological polar surface area (TPSA) is 86.4 Å². The molecule has 1 saturated carbocycles. The number of aryl methyl sites for hydroxylation is 1. The number of H-pyrrole nitrogens is 1. The predicted octanol–water partition coefficient (Wildman–Crippen LogP) is 1.50. The van der Waals surface area contributed by atoms with Crippen molar-refractivity contribution >= 4 is 22.7 Å². The number of amides is 1. The maximum absolute atomic E-state index is 12.6. The molecule has 0 spiro atoms. The Hall–Kier alpha value is -2.54. The van der Waals surface area contributed by atoms with Gasteiger partial charge in [-0.05, 0) is 30.5 Å². The number of nitrogens with one attached hydrogen (secondary N) is 1. The molecule has 7 nitrogen and oxygen atoms in total. The summed E-state index contributed by atoms with van der Waals surface area (Å²) in [6.45, 7) is 5.69. The van der Waals surface area contributed by atoms with E-state index in [-0.39, 0.29) is 23.2 Å². The van der Waals surface area contributed by atoms with Crippen molar-refractivity contribution < 1.29 is 9.59 Å². The van der Waals surface area contributed by atoms with Gasteiger partial charge in [0.15, 0.2) is 0 Å². The normalized spacial score (nSPS) is 20.8. The molecule has 0 bridgehead atoms. The molecule has 1 atom stereocenters. The van der Waals surface area contributed by atoms with E-state index >= 15 is 0 Å². The predicted molar refractivity (Wildman–Crippen MR) is 106 cm³/mol. The summed E-state index contributed by atoms with van der Waals surface area (Å²) in [7, 11) is 0. The molecule has 1 saturated heterocycles. The van der Waals surface area contributed by atoms with Crippen molar-refractivity contribution in [3.63, 3.8) is 0 Å². The molecule has 148 valence electrons. The van der Waals surface area contributed by atoms with Crippen LogP contribution < -0.4 is 5.56 Å². The number of aromatic amines is 1. The lowest BCUT2D eigenvalue weighted by Crippen LogP contribution is -2.49. The molecule has 4 rings (SSSR count). The standard InChI is InChI=1S/C21H26N4O3/c1-2-15-11-18-19(23-20(15)27)9-14(12-22-18)13-24-5-7-25(8-6-24)21(28)16-3-4-17(26)10-16/h9,11-12,16H,2-8,10,13H2,1H3,(H,23,27). The molecule has 0 radical (unpaired) electrons. The maximum Gasteiger partial charge on any atom is 0.251 e. The van der Waals surface area contributed by atoms with Gasteiger partial charge < -0.3 is 9.88 Å². The molecule has 1 amide bonds. The van der Waals surface area contributed by atoms with Gasteiger partial charge >= 0.3 is 0 Å². The number of Topliss-reactive ketones (excluding diaryl/α,β-unsaturated/α-hetero) is 1. The van der Waals surface area contributed by atoms with Crippen LogP contribution >= 0.6 is 0 Å². The van der Waals surface area contributed by atoms with Crippen molar-refractivity contribution in [3.05, 3.63) is 39.8 Å². The fourth-order valence-electron chi connectivity index (χ4n) is 4.18. The minimum absolute atomic E-state index is 0.0496. The largest absolute Gasteiger partial charge is 0.340 e. The van der Waals surface area contributed by atoms with E-state index in [0.717, 1.165) is 41.8 Å². The number of hydrogen-bond donors (Lipinski definition) is 1. The maximum atomic E-state index is 12.6. The molecule has 1 aliphatic carbocycles. The molecule has 2 fully saturated rings. The van der Waals surface area contributed by atoms with E-state index < -0.39 is 0 Å². The number of fused-ring (bicyclic) bond motifs is 1. The molecule has 7 heteroatoms. The first-order chi connectivity index (χ1) is 13.5. The van der Waals surface area contributed by atoms with Crippen LogP contribution in [0.1, 0.15) is 37.3 Å². The van der Waals surface area contributed by atoms with Gasteiger partial charge in [0.05, 0.1) is 11.0 Å². The molecular formula is C21H26N4O3. The molecule has 2 aromatic rings. The number of ketones is 1. The number of carbonyl (C=O) groups is 2. The smallest absolute Gasteiger partial charge is 0.251 e. The Bertz CT molecular complexity index is 960. The monoisotopic (exact) mass is 382 g/mol. The van der Waals surface area contributed by atoms with E-state index in [1.54, 1.807) is 0 Å². The SMILES string of the molecule is CCc1cc2ncc(CN3CCN(C(=O)C4CCC(=O)C4)CC3)cc2[nH]c1=O. The van der Waals surface area contributed by atoms with Gasteiger partial charge in [0.1, 0.15) is 5.78 Å². The van der Waals surface area contributed by atoms with Gasteiger partial charge in [0.25, 0.3) is 5.56 Å².